The SMILES string of the molecule is COC(=O)Cc1ccc2oc(C(=O)O)nc2c1. The average molecular weight is 235 g/mol. The Kier molecular flexibility index (Phi) is 2.78. The molecule has 6 heteroatoms. The van der Waals surface area contributed by atoms with Crippen LogP contribution in [0.3, 0.4) is 0 Å². The third kappa shape index (κ3) is 2.25. The van der Waals surface area contributed by atoms with Crippen molar-refractivity contribution in [2.45, 2.75) is 6.42 Å². The molecule has 0 atom stereocenters. The summed E-state index contributed by atoms with van der Waals surface area (Å²) in [6.45, 7) is 0. The molecule has 2 rings (SSSR count). The first-order valence-corrected chi connectivity index (χ1v) is 4.79. The molecule has 0 amide bonds. The molecule has 0 saturated carbocycles. The fourth-order valence-corrected chi connectivity index (χ4v) is 1.41. The third-order valence-corrected chi connectivity index (χ3v) is 2.21. The molecule has 88 valence electrons. The zero-order valence-electron chi connectivity index (χ0n) is 8.97. The first kappa shape index (κ1) is 11.1. The van der Waals surface area contributed by atoms with Crippen LogP contribution in [0.2, 0.25) is 0 Å². The van der Waals surface area contributed by atoms with Crippen LogP contribution in [-0.4, -0.2) is 29.1 Å². The Balaban J connectivity index is 2.36. The number of carboxylic acids is 1. The molecule has 6 nitrogen and oxygen atoms in total. The molecule has 2 aromatic rings. The van der Waals surface area contributed by atoms with E-state index in [0.29, 0.717) is 16.7 Å². The highest BCUT2D eigenvalue weighted by molar-refractivity contribution is 5.87. The number of carboxylic acid groups (broad SMARTS) is 1. The van der Waals surface area contributed by atoms with E-state index in [-0.39, 0.29) is 18.3 Å². The van der Waals surface area contributed by atoms with Crippen LogP contribution < -0.4 is 0 Å². The van der Waals surface area contributed by atoms with Crippen LogP contribution >= 0.6 is 0 Å². The molecule has 1 heterocycles. The molecule has 1 aromatic carbocycles. The van der Waals surface area contributed by atoms with Crippen molar-refractivity contribution in [1.82, 2.24) is 4.98 Å². The van der Waals surface area contributed by atoms with Crippen LogP contribution in [0.4, 0.5) is 0 Å². The molecule has 0 spiro atoms. The van der Waals surface area contributed by atoms with Crippen LogP contribution in [0.1, 0.15) is 16.2 Å². The van der Waals surface area contributed by atoms with Crippen molar-refractivity contribution in [2.24, 2.45) is 0 Å². The number of rotatable bonds is 3. The van der Waals surface area contributed by atoms with Gasteiger partial charge in [0.05, 0.1) is 13.5 Å². The second-order valence-electron chi connectivity index (χ2n) is 3.38. The predicted octanol–water partition coefficient (Wildman–Crippen LogP) is 1.24. The highest BCUT2D eigenvalue weighted by atomic mass is 16.5. The first-order chi connectivity index (χ1) is 8.10. The van der Waals surface area contributed by atoms with Gasteiger partial charge >= 0.3 is 17.8 Å². The van der Waals surface area contributed by atoms with E-state index < -0.39 is 5.97 Å². The number of benzene rings is 1. The molecule has 0 bridgehead atoms. The van der Waals surface area contributed by atoms with Gasteiger partial charge in [-0.05, 0) is 17.7 Å². The van der Waals surface area contributed by atoms with Gasteiger partial charge in [-0.3, -0.25) is 4.79 Å². The molecular formula is C11H9NO5. The molecule has 1 N–H and O–H groups in total. The summed E-state index contributed by atoms with van der Waals surface area (Å²) < 4.78 is 9.52. The summed E-state index contributed by atoms with van der Waals surface area (Å²) in [4.78, 5) is 25.5. The van der Waals surface area contributed by atoms with Crippen LogP contribution in [0, 0.1) is 0 Å². The van der Waals surface area contributed by atoms with Crippen LogP contribution in [0.5, 0.6) is 0 Å². The monoisotopic (exact) mass is 235 g/mol. The minimum atomic E-state index is -1.23. The lowest BCUT2D eigenvalue weighted by atomic mass is 10.1. The smallest absolute Gasteiger partial charge is 0.392 e. The number of carbonyl (C=O) groups is 2. The number of oxazole rings is 1. The highest BCUT2D eigenvalue weighted by Crippen LogP contribution is 2.17. The quantitative estimate of drug-likeness (QED) is 0.805. The van der Waals surface area contributed by atoms with Gasteiger partial charge in [-0.1, -0.05) is 6.07 Å². The third-order valence-electron chi connectivity index (χ3n) is 2.21. The minimum Gasteiger partial charge on any atom is -0.474 e. The number of aromatic carboxylic acids is 1. The zero-order chi connectivity index (χ0) is 12.4. The van der Waals surface area contributed by atoms with Gasteiger partial charge in [-0.2, -0.15) is 0 Å². The van der Waals surface area contributed by atoms with Crippen molar-refractivity contribution in [2.75, 3.05) is 7.11 Å². The summed E-state index contributed by atoms with van der Waals surface area (Å²) in [6, 6.07) is 4.84. The van der Waals surface area contributed by atoms with E-state index in [1.807, 2.05) is 0 Å². The van der Waals surface area contributed by atoms with Gasteiger partial charge < -0.3 is 14.3 Å². The summed E-state index contributed by atoms with van der Waals surface area (Å²) >= 11 is 0. The number of hydrogen-bond acceptors (Lipinski definition) is 5. The van der Waals surface area contributed by atoms with E-state index in [2.05, 4.69) is 9.72 Å². The van der Waals surface area contributed by atoms with Crippen molar-refractivity contribution in [3.63, 3.8) is 0 Å². The topological polar surface area (TPSA) is 89.6 Å². The standard InChI is InChI=1S/C11H9NO5/c1-16-9(13)5-6-2-3-8-7(4-6)12-10(17-8)11(14)15/h2-4H,5H2,1H3,(H,14,15). The molecular weight excluding hydrogens is 226 g/mol. The largest absolute Gasteiger partial charge is 0.474 e. The normalized spacial score (nSPS) is 10.4. The molecule has 0 aliphatic carbocycles. The summed E-state index contributed by atoms with van der Waals surface area (Å²) in [7, 11) is 1.31. The summed E-state index contributed by atoms with van der Waals surface area (Å²) in [5.41, 5.74) is 1.47. The lowest BCUT2D eigenvalue weighted by Gasteiger charge is -1.98. The second-order valence-corrected chi connectivity index (χ2v) is 3.38. The maximum atomic E-state index is 11.1. The Labute approximate surface area is 95.8 Å². The number of aromatic nitrogens is 1. The van der Waals surface area contributed by atoms with Gasteiger partial charge in [0.25, 0.3) is 0 Å². The Morgan fingerprint density at radius 2 is 2.24 bits per heavy atom. The number of nitrogens with zero attached hydrogens (tertiary/aromatic N) is 1. The Bertz CT molecular complexity index is 587. The Morgan fingerprint density at radius 1 is 1.47 bits per heavy atom. The lowest BCUT2D eigenvalue weighted by molar-refractivity contribution is -0.139. The van der Waals surface area contributed by atoms with E-state index in [1.165, 1.54) is 7.11 Å². The highest BCUT2D eigenvalue weighted by Gasteiger charge is 2.13. The number of esters is 1. The maximum absolute atomic E-state index is 11.1. The average Bonchev–Trinajstić information content (AvgIpc) is 2.72. The fourth-order valence-electron chi connectivity index (χ4n) is 1.41. The molecule has 17 heavy (non-hydrogen) atoms. The zero-order valence-corrected chi connectivity index (χ0v) is 8.97. The Hall–Kier alpha value is -2.37. The van der Waals surface area contributed by atoms with Gasteiger partial charge in [-0.15, -0.1) is 0 Å². The molecule has 1 aromatic heterocycles. The van der Waals surface area contributed by atoms with E-state index in [1.54, 1.807) is 18.2 Å². The molecule has 0 saturated heterocycles. The van der Waals surface area contributed by atoms with Crippen molar-refractivity contribution in [3.8, 4) is 0 Å². The Morgan fingerprint density at radius 3 is 2.88 bits per heavy atom. The molecule has 0 radical (unpaired) electrons. The number of fused-ring (bicyclic) bond motifs is 1. The van der Waals surface area contributed by atoms with Gasteiger partial charge in [0.1, 0.15) is 5.52 Å². The maximum Gasteiger partial charge on any atom is 0.392 e. The van der Waals surface area contributed by atoms with Gasteiger partial charge in [-0.25, -0.2) is 9.78 Å². The van der Waals surface area contributed by atoms with Crippen LogP contribution in [-0.2, 0) is 16.0 Å². The number of methoxy groups -OCH3 is 1. The number of hydrogen-bond donors (Lipinski definition) is 1. The van der Waals surface area contributed by atoms with Crippen LogP contribution in [0.25, 0.3) is 11.1 Å². The van der Waals surface area contributed by atoms with E-state index in [0.717, 1.165) is 0 Å². The first-order valence-electron chi connectivity index (χ1n) is 4.79. The van der Waals surface area contributed by atoms with Crippen molar-refractivity contribution in [1.29, 1.82) is 0 Å². The predicted molar refractivity (Wildman–Crippen MR) is 56.7 cm³/mol. The number of ether oxygens (including phenoxy) is 1. The molecule has 0 unspecified atom stereocenters. The summed E-state index contributed by atoms with van der Waals surface area (Å²) in [5.74, 6) is -1.96. The fraction of sp³-hybridized carbons (Fsp3) is 0.182. The van der Waals surface area contributed by atoms with Gasteiger partial charge in [0.2, 0.25) is 0 Å². The minimum absolute atomic E-state index is 0.113. The van der Waals surface area contributed by atoms with Crippen LogP contribution in [0.15, 0.2) is 22.6 Å². The summed E-state index contributed by atoms with van der Waals surface area (Å²) in [5, 5.41) is 8.71. The van der Waals surface area contributed by atoms with Gasteiger partial charge in [0.15, 0.2) is 5.58 Å². The van der Waals surface area contributed by atoms with E-state index in [4.69, 9.17) is 9.52 Å². The van der Waals surface area contributed by atoms with Gasteiger partial charge in [0, 0.05) is 0 Å². The van der Waals surface area contributed by atoms with E-state index in [9.17, 15) is 9.59 Å². The van der Waals surface area contributed by atoms with Crippen molar-refractivity contribution in [3.05, 3.63) is 29.7 Å². The lowest BCUT2D eigenvalue weighted by Crippen LogP contribution is -2.04. The number of carbonyl (C=O) groups excluding carboxylic acids is 1. The van der Waals surface area contributed by atoms with Crippen molar-refractivity contribution >= 4 is 23.0 Å². The molecule has 0 aliphatic heterocycles. The summed E-state index contributed by atoms with van der Waals surface area (Å²) in [6.07, 6.45) is 0.113. The molecule has 0 fully saturated rings. The molecule has 0 aliphatic rings. The van der Waals surface area contributed by atoms with E-state index >= 15 is 0 Å². The van der Waals surface area contributed by atoms with Crippen molar-refractivity contribution < 1.29 is 23.8 Å². The second kappa shape index (κ2) is 4.25.